The molecule has 0 N–H and O–H groups in total. The van der Waals surface area contributed by atoms with E-state index in [9.17, 15) is 4.79 Å². The molecular weight excluding hydrogens is 334 g/mol. The van der Waals surface area contributed by atoms with Gasteiger partial charge in [0.05, 0.1) is 0 Å². The van der Waals surface area contributed by atoms with Crippen LogP contribution in [0, 0.1) is 0 Å². The fourth-order valence-corrected chi connectivity index (χ4v) is 3.45. The van der Waals surface area contributed by atoms with E-state index in [0.29, 0.717) is 11.4 Å². The Morgan fingerprint density at radius 3 is 2.48 bits per heavy atom. The fraction of sp³-hybridized carbons (Fsp3) is 0.556. The number of amides is 1. The number of carbonyl (C=O) groups excluding carboxylic acids is 1. The maximum Gasteiger partial charge on any atom is 0.273 e. The van der Waals surface area contributed by atoms with Gasteiger partial charge >= 0.3 is 0 Å². The summed E-state index contributed by atoms with van der Waals surface area (Å²) in [5.41, 5.74) is 0.930. The highest BCUT2D eigenvalue weighted by Gasteiger charge is 2.25. The summed E-state index contributed by atoms with van der Waals surface area (Å²) < 4.78 is 0. The number of anilines is 1. The maximum absolute atomic E-state index is 12.5. The Morgan fingerprint density at radius 2 is 1.88 bits per heavy atom. The van der Waals surface area contributed by atoms with Crippen molar-refractivity contribution >= 4 is 23.1 Å². The molecule has 3 heterocycles. The van der Waals surface area contributed by atoms with Crippen molar-refractivity contribution in [2.75, 3.05) is 25.0 Å². The second-order valence-corrected chi connectivity index (χ2v) is 8.26. The molecule has 0 unspecified atom stereocenters. The lowest BCUT2D eigenvalue weighted by Crippen LogP contribution is -2.42. The molecule has 0 aromatic carbocycles. The zero-order valence-electron chi connectivity index (χ0n) is 15.3. The summed E-state index contributed by atoms with van der Waals surface area (Å²) in [6.07, 6.45) is 3.71. The first-order valence-corrected chi connectivity index (χ1v) is 9.57. The first-order chi connectivity index (χ1) is 11.9. The number of rotatable bonds is 3. The minimum Gasteiger partial charge on any atom is -0.355 e. The maximum atomic E-state index is 12.5. The molecule has 0 atom stereocenters. The molecular formula is C18H25N5OS. The van der Waals surface area contributed by atoms with Gasteiger partial charge in [0, 0.05) is 31.1 Å². The zero-order chi connectivity index (χ0) is 18.0. The summed E-state index contributed by atoms with van der Waals surface area (Å²) in [7, 11) is 1.80. The second kappa shape index (κ2) is 7.07. The molecule has 1 aliphatic rings. The van der Waals surface area contributed by atoms with Gasteiger partial charge in [-0.3, -0.25) is 4.79 Å². The Labute approximate surface area is 152 Å². The minimum atomic E-state index is -0.239. The number of piperidine rings is 1. The molecule has 1 amide bonds. The van der Waals surface area contributed by atoms with Crippen molar-refractivity contribution in [2.45, 2.75) is 45.6 Å². The lowest BCUT2D eigenvalue weighted by Gasteiger charge is -2.31. The summed E-state index contributed by atoms with van der Waals surface area (Å²) in [4.78, 5) is 21.0. The van der Waals surface area contributed by atoms with Crippen molar-refractivity contribution in [3.8, 4) is 10.7 Å². The second-order valence-electron chi connectivity index (χ2n) is 7.40. The predicted molar refractivity (Wildman–Crippen MR) is 101 cm³/mol. The summed E-state index contributed by atoms with van der Waals surface area (Å²) >= 11 is 1.43. The third-order valence-corrected chi connectivity index (χ3v) is 5.45. The van der Waals surface area contributed by atoms with Crippen LogP contribution in [0.25, 0.3) is 10.7 Å². The van der Waals surface area contributed by atoms with Crippen molar-refractivity contribution < 1.29 is 4.79 Å². The van der Waals surface area contributed by atoms with Gasteiger partial charge in [0.25, 0.3) is 5.91 Å². The summed E-state index contributed by atoms with van der Waals surface area (Å²) in [5.74, 6) is 0.844. The van der Waals surface area contributed by atoms with Gasteiger partial charge in [-0.1, -0.05) is 0 Å². The normalized spacial score (nSPS) is 15.3. The summed E-state index contributed by atoms with van der Waals surface area (Å²) in [6.45, 7) is 8.10. The molecule has 0 aliphatic carbocycles. The van der Waals surface area contributed by atoms with Crippen LogP contribution in [0.2, 0.25) is 0 Å². The SMILES string of the molecule is CN(C(=O)c1csc(-c2ccc(N3CCCCC3)nn2)n1)C(C)(C)C. The first kappa shape index (κ1) is 17.8. The Hall–Kier alpha value is -2.02. The van der Waals surface area contributed by atoms with E-state index in [-0.39, 0.29) is 11.4 Å². The molecule has 1 aliphatic heterocycles. The van der Waals surface area contributed by atoms with Gasteiger partial charge in [0.2, 0.25) is 0 Å². The van der Waals surface area contributed by atoms with Gasteiger partial charge in [-0.05, 0) is 52.2 Å². The average Bonchev–Trinajstić information content (AvgIpc) is 3.10. The Balaban J connectivity index is 1.75. The molecule has 0 bridgehead atoms. The van der Waals surface area contributed by atoms with Gasteiger partial charge in [-0.15, -0.1) is 21.5 Å². The molecule has 0 spiro atoms. The van der Waals surface area contributed by atoms with E-state index in [4.69, 9.17) is 0 Å². The van der Waals surface area contributed by atoms with Gasteiger partial charge < -0.3 is 9.80 Å². The van der Waals surface area contributed by atoms with E-state index in [0.717, 1.165) is 23.9 Å². The Bertz CT molecular complexity index is 729. The minimum absolute atomic E-state index is 0.0760. The molecule has 134 valence electrons. The fourth-order valence-electron chi connectivity index (χ4n) is 2.70. The van der Waals surface area contributed by atoms with Gasteiger partial charge in [0.15, 0.2) is 5.82 Å². The van der Waals surface area contributed by atoms with Crippen LogP contribution in [0.5, 0.6) is 0 Å². The number of thiazole rings is 1. The highest BCUT2D eigenvalue weighted by molar-refractivity contribution is 7.13. The van der Waals surface area contributed by atoms with Crippen LogP contribution in [0.1, 0.15) is 50.5 Å². The van der Waals surface area contributed by atoms with Crippen LogP contribution >= 0.6 is 11.3 Å². The van der Waals surface area contributed by atoms with Gasteiger partial charge in [0.1, 0.15) is 16.4 Å². The Kier molecular flexibility index (Phi) is 5.03. The van der Waals surface area contributed by atoms with Crippen LogP contribution in [-0.4, -0.2) is 51.7 Å². The third-order valence-electron chi connectivity index (χ3n) is 4.58. The van der Waals surface area contributed by atoms with Crippen molar-refractivity contribution in [1.82, 2.24) is 20.1 Å². The third kappa shape index (κ3) is 3.98. The van der Waals surface area contributed by atoms with Crippen molar-refractivity contribution in [3.63, 3.8) is 0 Å². The molecule has 2 aromatic heterocycles. The van der Waals surface area contributed by atoms with E-state index in [2.05, 4.69) is 20.1 Å². The molecule has 3 rings (SSSR count). The highest BCUT2D eigenvalue weighted by atomic mass is 32.1. The molecule has 1 saturated heterocycles. The van der Waals surface area contributed by atoms with E-state index < -0.39 is 0 Å². The molecule has 0 radical (unpaired) electrons. The quantitative estimate of drug-likeness (QED) is 0.840. The molecule has 1 fully saturated rings. The van der Waals surface area contributed by atoms with Crippen LogP contribution < -0.4 is 4.90 Å². The lowest BCUT2D eigenvalue weighted by atomic mass is 10.1. The monoisotopic (exact) mass is 359 g/mol. The predicted octanol–water partition coefficient (Wildman–Crippen LogP) is 3.46. The molecule has 6 nitrogen and oxygen atoms in total. The van der Waals surface area contributed by atoms with Gasteiger partial charge in [-0.2, -0.15) is 0 Å². The molecule has 7 heteroatoms. The van der Waals surface area contributed by atoms with E-state index in [1.165, 1.54) is 30.6 Å². The van der Waals surface area contributed by atoms with Crippen LogP contribution in [0.4, 0.5) is 5.82 Å². The zero-order valence-corrected chi connectivity index (χ0v) is 16.1. The summed E-state index contributed by atoms with van der Waals surface area (Å²) in [5, 5.41) is 11.2. The van der Waals surface area contributed by atoms with Crippen molar-refractivity contribution in [3.05, 3.63) is 23.2 Å². The first-order valence-electron chi connectivity index (χ1n) is 8.69. The molecule has 25 heavy (non-hydrogen) atoms. The average molecular weight is 359 g/mol. The van der Waals surface area contributed by atoms with E-state index in [1.807, 2.05) is 32.9 Å². The largest absolute Gasteiger partial charge is 0.355 e. The van der Waals surface area contributed by atoms with E-state index in [1.54, 1.807) is 17.3 Å². The Morgan fingerprint density at radius 1 is 1.16 bits per heavy atom. The van der Waals surface area contributed by atoms with Crippen LogP contribution in [0.15, 0.2) is 17.5 Å². The smallest absolute Gasteiger partial charge is 0.273 e. The number of nitrogens with zero attached hydrogens (tertiary/aromatic N) is 5. The molecule has 0 saturated carbocycles. The molecule has 2 aromatic rings. The number of carbonyl (C=O) groups is 1. The highest BCUT2D eigenvalue weighted by Crippen LogP contribution is 2.25. The van der Waals surface area contributed by atoms with E-state index >= 15 is 0 Å². The number of aromatic nitrogens is 3. The number of hydrogen-bond donors (Lipinski definition) is 0. The van der Waals surface area contributed by atoms with Crippen molar-refractivity contribution in [1.29, 1.82) is 0 Å². The summed E-state index contributed by atoms with van der Waals surface area (Å²) in [6, 6.07) is 3.94. The topological polar surface area (TPSA) is 62.2 Å². The van der Waals surface area contributed by atoms with Crippen LogP contribution in [-0.2, 0) is 0 Å². The standard InChI is InChI=1S/C18H25N5OS/c1-18(2,3)22(4)17(24)14-12-25-16(19-14)13-8-9-15(21-20-13)23-10-6-5-7-11-23/h8-9,12H,5-7,10-11H2,1-4H3. The van der Waals surface area contributed by atoms with Gasteiger partial charge in [-0.25, -0.2) is 4.98 Å². The lowest BCUT2D eigenvalue weighted by molar-refractivity contribution is 0.0650. The number of hydrogen-bond acceptors (Lipinski definition) is 6. The van der Waals surface area contributed by atoms with Crippen LogP contribution in [0.3, 0.4) is 0 Å². The van der Waals surface area contributed by atoms with Crippen molar-refractivity contribution in [2.24, 2.45) is 0 Å².